The Morgan fingerprint density at radius 3 is 2.52 bits per heavy atom. The number of aryl methyl sites for hydroxylation is 1. The minimum absolute atomic E-state index is 0.379. The molecule has 0 aliphatic heterocycles. The fourth-order valence-electron chi connectivity index (χ4n) is 1.96. The van der Waals surface area contributed by atoms with E-state index in [2.05, 4.69) is 19.9 Å². The van der Waals surface area contributed by atoms with Crippen molar-refractivity contribution < 1.29 is 0 Å². The van der Waals surface area contributed by atoms with Gasteiger partial charge in [-0.1, -0.05) is 11.8 Å². The van der Waals surface area contributed by atoms with E-state index in [-0.39, 0.29) is 0 Å². The quantitative estimate of drug-likeness (QED) is 0.325. The van der Waals surface area contributed by atoms with E-state index < -0.39 is 0 Å². The largest absolute Gasteiger partial charge is 0.399 e. The minimum atomic E-state index is 0.379. The molecule has 0 unspecified atom stereocenters. The molecule has 8 heteroatoms. The Kier molecular flexibility index (Phi) is 3.53. The van der Waals surface area contributed by atoms with Crippen LogP contribution in [0.4, 0.5) is 17.3 Å². The zero-order chi connectivity index (χ0) is 14.8. The van der Waals surface area contributed by atoms with Crippen molar-refractivity contribution in [3.63, 3.8) is 0 Å². The number of aromatic amines is 1. The molecule has 1 aromatic carbocycles. The highest BCUT2D eigenvalue weighted by atomic mass is 32.2. The van der Waals surface area contributed by atoms with Gasteiger partial charge >= 0.3 is 0 Å². The van der Waals surface area contributed by atoms with Gasteiger partial charge < -0.3 is 22.2 Å². The molecule has 2 aromatic heterocycles. The fourth-order valence-corrected chi connectivity index (χ4v) is 2.78. The second-order valence-corrected chi connectivity index (χ2v) is 5.62. The number of H-pyrrole nitrogens is 1. The van der Waals surface area contributed by atoms with Crippen molar-refractivity contribution in [2.24, 2.45) is 0 Å². The molecule has 0 bridgehead atoms. The molecule has 0 aliphatic rings. The van der Waals surface area contributed by atoms with E-state index in [0.29, 0.717) is 16.8 Å². The number of anilines is 3. The maximum absolute atomic E-state index is 5.75. The number of hydrogen-bond acceptors (Lipinski definition) is 7. The number of nitrogens with one attached hydrogen (secondary N) is 1. The van der Waals surface area contributed by atoms with Crippen LogP contribution in [0.1, 0.15) is 5.82 Å². The number of nitrogens with zero attached hydrogens (tertiary/aromatic N) is 3. The average Bonchev–Trinajstić information content (AvgIpc) is 2.79. The Morgan fingerprint density at radius 2 is 1.76 bits per heavy atom. The molecule has 3 rings (SSSR count). The third-order valence-electron chi connectivity index (χ3n) is 2.87. The molecule has 0 radical (unpaired) electrons. The molecule has 0 amide bonds. The van der Waals surface area contributed by atoms with Crippen LogP contribution >= 0.6 is 11.8 Å². The predicted octanol–water partition coefficient (Wildman–Crippen LogP) is 1.43. The van der Waals surface area contributed by atoms with E-state index in [4.69, 9.17) is 17.2 Å². The molecule has 0 saturated heterocycles. The fraction of sp³-hybridized carbons (Fsp3) is 0.154. The van der Waals surface area contributed by atoms with Gasteiger partial charge in [0.05, 0.1) is 11.0 Å². The maximum Gasteiger partial charge on any atom is 0.191 e. The lowest BCUT2D eigenvalue weighted by Crippen LogP contribution is -2.00. The monoisotopic (exact) mass is 301 g/mol. The Bertz CT molecular complexity index is 763. The van der Waals surface area contributed by atoms with Gasteiger partial charge in [-0.2, -0.15) is 0 Å². The molecule has 0 aliphatic carbocycles. The van der Waals surface area contributed by atoms with E-state index in [1.807, 2.05) is 18.2 Å². The highest BCUT2D eigenvalue weighted by molar-refractivity contribution is 7.99. The lowest BCUT2D eigenvalue weighted by molar-refractivity contribution is 0.968. The number of fused-ring (bicyclic) bond motifs is 1. The average molecular weight is 301 g/mol. The van der Waals surface area contributed by atoms with Gasteiger partial charge in [0.2, 0.25) is 0 Å². The topological polar surface area (TPSA) is 133 Å². The summed E-state index contributed by atoms with van der Waals surface area (Å²) in [5.41, 5.74) is 19.6. The Labute approximate surface area is 125 Å². The molecule has 2 heterocycles. The van der Waals surface area contributed by atoms with Gasteiger partial charge in [-0.25, -0.2) is 15.0 Å². The molecule has 0 fully saturated rings. The first-order chi connectivity index (χ1) is 10.1. The maximum atomic E-state index is 5.75. The number of hydrogen-bond donors (Lipinski definition) is 4. The van der Waals surface area contributed by atoms with Crippen LogP contribution in [0.2, 0.25) is 0 Å². The van der Waals surface area contributed by atoms with Crippen LogP contribution in [0.25, 0.3) is 11.0 Å². The molecule has 0 atom stereocenters. The molecular weight excluding hydrogens is 286 g/mol. The molecule has 7 nitrogen and oxygen atoms in total. The first-order valence-electron chi connectivity index (χ1n) is 6.37. The molecule has 108 valence electrons. The third kappa shape index (κ3) is 3.16. The SMILES string of the molecule is Nc1ccc2nc(CCSc3nc(N)cc(N)n3)[nH]c2c1. The predicted molar refractivity (Wildman–Crippen MR) is 85.8 cm³/mol. The van der Waals surface area contributed by atoms with Crippen LogP contribution < -0.4 is 17.2 Å². The zero-order valence-electron chi connectivity index (χ0n) is 11.2. The van der Waals surface area contributed by atoms with Crippen molar-refractivity contribution in [2.75, 3.05) is 23.0 Å². The second-order valence-electron chi connectivity index (χ2n) is 4.56. The van der Waals surface area contributed by atoms with Gasteiger partial charge in [0.15, 0.2) is 5.16 Å². The third-order valence-corrected chi connectivity index (χ3v) is 3.72. The van der Waals surface area contributed by atoms with Gasteiger partial charge in [-0.05, 0) is 18.2 Å². The summed E-state index contributed by atoms with van der Waals surface area (Å²) < 4.78 is 0. The van der Waals surface area contributed by atoms with Crippen LogP contribution in [0.15, 0.2) is 29.4 Å². The summed E-state index contributed by atoms with van der Waals surface area (Å²) in [7, 11) is 0. The second kappa shape index (κ2) is 5.49. The Balaban J connectivity index is 1.66. The number of nitrogen functional groups attached to an aromatic ring is 3. The van der Waals surface area contributed by atoms with E-state index in [1.165, 1.54) is 17.8 Å². The zero-order valence-corrected chi connectivity index (χ0v) is 12.0. The first kappa shape index (κ1) is 13.5. The molecule has 21 heavy (non-hydrogen) atoms. The van der Waals surface area contributed by atoms with Crippen LogP contribution in [0.3, 0.4) is 0 Å². The lowest BCUT2D eigenvalue weighted by atomic mass is 10.3. The molecule has 0 spiro atoms. The standard InChI is InChI=1S/C13H15N7S/c14-7-1-2-8-9(5-7)18-12(17-8)3-4-21-13-19-10(15)6-11(16)20-13/h1-2,5-6H,3-4,14H2,(H,17,18)(H4,15,16,19,20). The molecule has 3 aromatic rings. The highest BCUT2D eigenvalue weighted by Crippen LogP contribution is 2.19. The summed E-state index contributed by atoms with van der Waals surface area (Å²) in [6.07, 6.45) is 0.761. The van der Waals surface area contributed by atoms with Crippen LogP contribution in [-0.4, -0.2) is 25.7 Å². The summed E-state index contributed by atoms with van der Waals surface area (Å²) in [4.78, 5) is 16.0. The summed E-state index contributed by atoms with van der Waals surface area (Å²) in [5, 5.41) is 0.577. The summed E-state index contributed by atoms with van der Waals surface area (Å²) >= 11 is 1.49. The van der Waals surface area contributed by atoms with Crippen molar-refractivity contribution >= 4 is 40.1 Å². The molecular formula is C13H15N7S. The van der Waals surface area contributed by atoms with E-state index in [1.54, 1.807) is 0 Å². The molecule has 0 saturated carbocycles. The van der Waals surface area contributed by atoms with E-state index in [9.17, 15) is 0 Å². The number of nitrogens with two attached hydrogens (primary N) is 3. The normalized spacial score (nSPS) is 11.0. The smallest absolute Gasteiger partial charge is 0.191 e. The number of imidazole rings is 1. The number of thioether (sulfide) groups is 1. The minimum Gasteiger partial charge on any atom is -0.399 e. The molecule has 7 N–H and O–H groups in total. The van der Waals surface area contributed by atoms with E-state index in [0.717, 1.165) is 34.7 Å². The van der Waals surface area contributed by atoms with Crippen LogP contribution in [-0.2, 0) is 6.42 Å². The van der Waals surface area contributed by atoms with Gasteiger partial charge in [-0.3, -0.25) is 0 Å². The van der Waals surface area contributed by atoms with Crippen molar-refractivity contribution in [1.82, 2.24) is 19.9 Å². The summed E-state index contributed by atoms with van der Waals surface area (Å²) in [6, 6.07) is 7.15. The van der Waals surface area contributed by atoms with Gasteiger partial charge in [0.1, 0.15) is 17.5 Å². The lowest BCUT2D eigenvalue weighted by Gasteiger charge is -2.01. The van der Waals surface area contributed by atoms with Crippen molar-refractivity contribution in [3.8, 4) is 0 Å². The van der Waals surface area contributed by atoms with Gasteiger partial charge in [0.25, 0.3) is 0 Å². The number of rotatable bonds is 4. The summed E-state index contributed by atoms with van der Waals surface area (Å²) in [5.74, 6) is 2.44. The van der Waals surface area contributed by atoms with Gasteiger partial charge in [0, 0.05) is 23.9 Å². The van der Waals surface area contributed by atoms with Crippen LogP contribution in [0, 0.1) is 0 Å². The van der Waals surface area contributed by atoms with Crippen molar-refractivity contribution in [2.45, 2.75) is 11.6 Å². The Hall–Kier alpha value is -2.48. The van der Waals surface area contributed by atoms with Crippen LogP contribution in [0.5, 0.6) is 0 Å². The first-order valence-corrected chi connectivity index (χ1v) is 7.36. The van der Waals surface area contributed by atoms with Crippen molar-refractivity contribution in [1.29, 1.82) is 0 Å². The summed E-state index contributed by atoms with van der Waals surface area (Å²) in [6.45, 7) is 0. The van der Waals surface area contributed by atoms with Gasteiger partial charge in [-0.15, -0.1) is 0 Å². The number of benzene rings is 1. The highest BCUT2D eigenvalue weighted by Gasteiger charge is 2.05. The van der Waals surface area contributed by atoms with E-state index >= 15 is 0 Å². The number of aromatic nitrogens is 4. The van der Waals surface area contributed by atoms with Crippen molar-refractivity contribution in [3.05, 3.63) is 30.1 Å². The Morgan fingerprint density at radius 1 is 1.00 bits per heavy atom.